The van der Waals surface area contributed by atoms with Crippen LogP contribution in [0.4, 0.5) is 10.1 Å². The summed E-state index contributed by atoms with van der Waals surface area (Å²) in [5.41, 5.74) is 2.42. The highest BCUT2D eigenvalue weighted by Crippen LogP contribution is 2.46. The van der Waals surface area contributed by atoms with Crippen LogP contribution in [0.3, 0.4) is 0 Å². The second-order valence-corrected chi connectivity index (χ2v) is 9.16. The van der Waals surface area contributed by atoms with Crippen molar-refractivity contribution < 1.29 is 23.8 Å². The van der Waals surface area contributed by atoms with Crippen LogP contribution in [0.25, 0.3) is 11.1 Å². The number of aliphatic hydroxyl groups is 1. The lowest BCUT2D eigenvalue weighted by atomic mass is 10.0. The van der Waals surface area contributed by atoms with E-state index in [1.165, 1.54) is 11.2 Å². The largest absolute Gasteiger partial charge is 0.486 e. The first kappa shape index (κ1) is 24.4. The maximum absolute atomic E-state index is 14.6. The molecule has 2 amide bonds. The maximum Gasteiger partial charge on any atom is 0.248 e. The number of likely N-dealkylation sites (tertiary alicyclic amines) is 1. The van der Waals surface area contributed by atoms with Crippen molar-refractivity contribution in [2.75, 3.05) is 25.0 Å². The number of benzene rings is 2. The van der Waals surface area contributed by atoms with Crippen molar-refractivity contribution in [2.24, 2.45) is 5.92 Å². The standard InChI is InChI=1S/C26H25FN6O4/c27-21-12-33(24(35)13-34)7-6-23(21)37-22-5-4-16(8-17(22)11-28)15-2-1-3-18(9-15)31-26(36)20-10-19(20)25-29-14-30-32-25/h1-5,8-9,14,19-21,23,34H,6-7,10,12-13H2,(H,31,36)(H,29,30,32)/t19?,20?,21-,23+/m1/s1. The van der Waals surface area contributed by atoms with Crippen molar-refractivity contribution in [3.8, 4) is 22.9 Å². The molecule has 2 aliphatic rings. The molecule has 4 atom stereocenters. The summed E-state index contributed by atoms with van der Waals surface area (Å²) in [6.07, 6.45) is 0.206. The Morgan fingerprint density at radius 1 is 1.27 bits per heavy atom. The van der Waals surface area contributed by atoms with E-state index in [2.05, 4.69) is 26.6 Å². The van der Waals surface area contributed by atoms with Gasteiger partial charge in [0.25, 0.3) is 0 Å². The van der Waals surface area contributed by atoms with E-state index in [9.17, 15) is 19.2 Å². The highest BCUT2D eigenvalue weighted by atomic mass is 19.1. The molecule has 1 aromatic heterocycles. The molecule has 1 saturated heterocycles. The number of amides is 2. The zero-order valence-corrected chi connectivity index (χ0v) is 19.8. The van der Waals surface area contributed by atoms with Crippen LogP contribution in [-0.4, -0.2) is 69.0 Å². The summed E-state index contributed by atoms with van der Waals surface area (Å²) >= 11 is 0. The number of aliphatic hydroxyl groups excluding tert-OH is 1. The van der Waals surface area contributed by atoms with Crippen molar-refractivity contribution >= 4 is 17.5 Å². The number of halogens is 1. The number of nitriles is 1. The van der Waals surface area contributed by atoms with Crippen LogP contribution in [0, 0.1) is 17.2 Å². The Bertz CT molecular complexity index is 1340. The van der Waals surface area contributed by atoms with E-state index in [1.54, 1.807) is 24.3 Å². The number of piperidine rings is 1. The maximum atomic E-state index is 14.6. The van der Waals surface area contributed by atoms with Crippen molar-refractivity contribution in [1.29, 1.82) is 5.26 Å². The molecule has 0 radical (unpaired) electrons. The Hall–Kier alpha value is -4.30. The van der Waals surface area contributed by atoms with Gasteiger partial charge in [0.05, 0.1) is 12.1 Å². The second kappa shape index (κ2) is 10.4. The lowest BCUT2D eigenvalue weighted by molar-refractivity contribution is -0.138. The van der Waals surface area contributed by atoms with Gasteiger partial charge in [0, 0.05) is 30.5 Å². The smallest absolute Gasteiger partial charge is 0.248 e. The molecule has 3 N–H and O–H groups in total. The monoisotopic (exact) mass is 504 g/mol. The lowest BCUT2D eigenvalue weighted by Crippen LogP contribution is -2.50. The summed E-state index contributed by atoms with van der Waals surface area (Å²) in [5.74, 6) is 0.134. The molecule has 1 aliphatic heterocycles. The van der Waals surface area contributed by atoms with Crippen molar-refractivity contribution in [3.63, 3.8) is 0 Å². The van der Waals surface area contributed by atoms with E-state index in [0.29, 0.717) is 17.9 Å². The highest BCUT2D eigenvalue weighted by molar-refractivity contribution is 5.95. The van der Waals surface area contributed by atoms with E-state index < -0.39 is 24.8 Å². The van der Waals surface area contributed by atoms with Gasteiger partial charge in [-0.1, -0.05) is 18.2 Å². The molecule has 2 fully saturated rings. The quantitative estimate of drug-likeness (QED) is 0.448. The van der Waals surface area contributed by atoms with Gasteiger partial charge in [-0.25, -0.2) is 9.37 Å². The lowest BCUT2D eigenvalue weighted by Gasteiger charge is -2.34. The first-order valence-electron chi connectivity index (χ1n) is 12.0. The van der Waals surface area contributed by atoms with Crippen molar-refractivity contribution in [3.05, 3.63) is 60.2 Å². The number of hydrogen-bond donors (Lipinski definition) is 3. The van der Waals surface area contributed by atoms with E-state index >= 15 is 0 Å². The van der Waals surface area contributed by atoms with Crippen LogP contribution >= 0.6 is 0 Å². The van der Waals surface area contributed by atoms with Gasteiger partial charge in [-0.2, -0.15) is 10.4 Å². The van der Waals surface area contributed by atoms with Crippen molar-refractivity contribution in [1.82, 2.24) is 20.1 Å². The second-order valence-electron chi connectivity index (χ2n) is 9.16. The third-order valence-corrected chi connectivity index (χ3v) is 6.70. The molecule has 0 bridgehead atoms. The number of nitrogens with one attached hydrogen (secondary N) is 2. The van der Waals surface area contributed by atoms with Gasteiger partial charge in [0.1, 0.15) is 30.9 Å². The first-order chi connectivity index (χ1) is 18.0. The molecular formula is C26H25FN6O4. The highest BCUT2D eigenvalue weighted by Gasteiger charge is 2.46. The number of aromatic nitrogens is 3. The number of hydrogen-bond acceptors (Lipinski definition) is 7. The number of carbonyl (C=O) groups is 2. The minimum atomic E-state index is -1.44. The van der Waals surface area contributed by atoms with E-state index in [-0.39, 0.29) is 48.6 Å². The molecule has 0 spiro atoms. The van der Waals surface area contributed by atoms with Gasteiger partial charge in [0.2, 0.25) is 11.8 Å². The van der Waals surface area contributed by atoms with Crippen LogP contribution in [-0.2, 0) is 9.59 Å². The normalized spacial score (nSPS) is 22.7. The number of H-pyrrole nitrogens is 1. The Balaban J connectivity index is 1.25. The van der Waals surface area contributed by atoms with Crippen LogP contribution in [0.5, 0.6) is 5.75 Å². The Kier molecular flexibility index (Phi) is 6.83. The Morgan fingerprint density at radius 3 is 2.84 bits per heavy atom. The predicted molar refractivity (Wildman–Crippen MR) is 130 cm³/mol. The minimum absolute atomic E-state index is 0.0199. The molecule has 3 aromatic rings. The SMILES string of the molecule is N#Cc1cc(-c2cccc(NC(=O)C3CC3c3nc[nH]n3)c2)ccc1O[C@H]1CCN(C(=O)CO)C[C@H]1F. The number of alkyl halides is 1. The third-order valence-electron chi connectivity index (χ3n) is 6.70. The molecule has 2 heterocycles. The Morgan fingerprint density at radius 2 is 2.11 bits per heavy atom. The summed E-state index contributed by atoms with van der Waals surface area (Å²) in [7, 11) is 0. The molecule has 11 heteroatoms. The molecule has 10 nitrogen and oxygen atoms in total. The molecular weight excluding hydrogens is 479 g/mol. The van der Waals surface area contributed by atoms with Crippen LogP contribution < -0.4 is 10.1 Å². The molecule has 190 valence electrons. The minimum Gasteiger partial charge on any atom is -0.486 e. The van der Waals surface area contributed by atoms with Crippen molar-refractivity contribution in [2.45, 2.75) is 31.0 Å². The van der Waals surface area contributed by atoms with Crippen LogP contribution in [0.15, 0.2) is 48.8 Å². The summed E-state index contributed by atoms with van der Waals surface area (Å²) in [4.78, 5) is 29.7. The molecule has 2 aromatic carbocycles. The van der Waals surface area contributed by atoms with Gasteiger partial charge in [-0.05, 0) is 41.8 Å². The fourth-order valence-electron chi connectivity index (χ4n) is 4.58. The number of ether oxygens (including phenoxy) is 1. The topological polar surface area (TPSA) is 144 Å². The number of carbonyl (C=O) groups excluding carboxylic acids is 2. The molecule has 5 rings (SSSR count). The molecule has 2 unspecified atom stereocenters. The zero-order valence-electron chi connectivity index (χ0n) is 19.8. The molecule has 1 aliphatic carbocycles. The van der Waals surface area contributed by atoms with E-state index in [4.69, 9.17) is 9.84 Å². The predicted octanol–water partition coefficient (Wildman–Crippen LogP) is 2.40. The number of nitrogens with zero attached hydrogens (tertiary/aromatic N) is 4. The summed E-state index contributed by atoms with van der Waals surface area (Å²) in [6, 6.07) is 14.5. The summed E-state index contributed by atoms with van der Waals surface area (Å²) < 4.78 is 20.5. The van der Waals surface area contributed by atoms with Gasteiger partial charge >= 0.3 is 0 Å². The summed E-state index contributed by atoms with van der Waals surface area (Å²) in [6.45, 7) is -0.558. The molecule has 37 heavy (non-hydrogen) atoms. The van der Waals surface area contributed by atoms with Gasteiger partial charge < -0.3 is 20.1 Å². The van der Waals surface area contributed by atoms with Crippen LogP contribution in [0.1, 0.15) is 30.1 Å². The Labute approximate surface area is 212 Å². The first-order valence-corrected chi connectivity index (χ1v) is 12.0. The average molecular weight is 505 g/mol. The fourth-order valence-corrected chi connectivity index (χ4v) is 4.58. The zero-order chi connectivity index (χ0) is 25.9. The van der Waals surface area contributed by atoms with Gasteiger partial charge in [-0.15, -0.1) is 0 Å². The fraction of sp³-hybridized carbons (Fsp3) is 0.346. The summed E-state index contributed by atoms with van der Waals surface area (Å²) in [5, 5.41) is 28.4. The number of anilines is 1. The van der Waals surface area contributed by atoms with E-state index in [0.717, 1.165) is 11.1 Å². The van der Waals surface area contributed by atoms with Gasteiger partial charge in [0.15, 0.2) is 12.0 Å². The average Bonchev–Trinajstić information content (AvgIpc) is 3.54. The van der Waals surface area contributed by atoms with E-state index in [1.807, 2.05) is 18.2 Å². The number of aromatic amines is 1. The molecule has 1 saturated carbocycles. The van der Waals surface area contributed by atoms with Crippen LogP contribution in [0.2, 0.25) is 0 Å². The van der Waals surface area contributed by atoms with Gasteiger partial charge in [-0.3, -0.25) is 14.7 Å². The third kappa shape index (κ3) is 5.29. The number of rotatable bonds is 7.